The van der Waals surface area contributed by atoms with E-state index in [1.54, 1.807) is 0 Å². The van der Waals surface area contributed by atoms with Crippen LogP contribution in [0.4, 0.5) is 51.2 Å². The molecule has 0 saturated carbocycles. The van der Waals surface area contributed by atoms with E-state index < -0.39 is 0 Å². The molecule has 0 amide bonds. The molecule has 2 aliphatic rings. The van der Waals surface area contributed by atoms with Gasteiger partial charge >= 0.3 is 0 Å². The quantitative estimate of drug-likeness (QED) is 0.129. The highest BCUT2D eigenvalue weighted by atomic mass is 15.2. The van der Waals surface area contributed by atoms with Gasteiger partial charge in [0.1, 0.15) is 0 Å². The average molecular weight is 738 g/mol. The minimum absolute atomic E-state index is 0.0368. The first-order chi connectivity index (χ1) is 28.8. The Morgan fingerprint density at radius 2 is 0.776 bits per heavy atom. The van der Waals surface area contributed by atoms with Gasteiger partial charge in [-0.25, -0.2) is 0 Å². The molecule has 10 aromatic carbocycles. The largest absolute Gasteiger partial charge is 0.311 e. The van der Waals surface area contributed by atoms with E-state index in [1.165, 1.54) is 71.5 Å². The summed E-state index contributed by atoms with van der Waals surface area (Å²) in [6.45, 7) is 0.0368. The number of fused-ring (bicyclic) bond motifs is 10. The molecule has 2 aliphatic heterocycles. The van der Waals surface area contributed by atoms with Gasteiger partial charge in [-0.1, -0.05) is 140 Å². The lowest BCUT2D eigenvalue weighted by molar-refractivity contribution is 1.24. The van der Waals surface area contributed by atoms with Crippen LogP contribution in [0.25, 0.3) is 32.3 Å². The van der Waals surface area contributed by atoms with Gasteiger partial charge in [-0.05, 0) is 128 Å². The molecule has 2 heterocycles. The molecule has 0 aromatic heterocycles. The molecule has 0 spiro atoms. The van der Waals surface area contributed by atoms with Gasteiger partial charge in [-0.3, -0.25) is 0 Å². The Morgan fingerprint density at radius 3 is 1.41 bits per heavy atom. The van der Waals surface area contributed by atoms with Crippen LogP contribution >= 0.6 is 0 Å². The zero-order chi connectivity index (χ0) is 38.2. The molecule has 12 rings (SSSR count). The van der Waals surface area contributed by atoms with E-state index in [2.05, 4.69) is 233 Å². The molecule has 10 aromatic rings. The van der Waals surface area contributed by atoms with Crippen molar-refractivity contribution in [2.75, 3.05) is 14.7 Å². The van der Waals surface area contributed by atoms with Crippen molar-refractivity contribution in [3.63, 3.8) is 0 Å². The van der Waals surface area contributed by atoms with Gasteiger partial charge in [0.2, 0.25) is 0 Å². The van der Waals surface area contributed by atoms with Crippen molar-refractivity contribution >= 4 is 107 Å². The molecule has 0 aliphatic carbocycles. The van der Waals surface area contributed by atoms with E-state index in [9.17, 15) is 0 Å². The van der Waals surface area contributed by atoms with Crippen molar-refractivity contribution in [1.82, 2.24) is 0 Å². The van der Waals surface area contributed by atoms with E-state index in [0.717, 1.165) is 28.4 Å². The van der Waals surface area contributed by atoms with Crippen molar-refractivity contribution in [2.45, 2.75) is 0 Å². The van der Waals surface area contributed by atoms with E-state index in [-0.39, 0.29) is 6.71 Å². The number of benzene rings is 10. The van der Waals surface area contributed by atoms with Crippen LogP contribution in [0.5, 0.6) is 0 Å². The molecule has 0 N–H and O–H groups in total. The number of para-hydroxylation sites is 4. The van der Waals surface area contributed by atoms with Crippen molar-refractivity contribution in [2.24, 2.45) is 0 Å². The predicted molar refractivity (Wildman–Crippen MR) is 248 cm³/mol. The van der Waals surface area contributed by atoms with Crippen LogP contribution in [0.3, 0.4) is 0 Å². The molecule has 0 saturated heterocycles. The van der Waals surface area contributed by atoms with Crippen LogP contribution < -0.4 is 31.1 Å². The summed E-state index contributed by atoms with van der Waals surface area (Å²) in [5, 5.41) is 7.62. The second kappa shape index (κ2) is 13.0. The summed E-state index contributed by atoms with van der Waals surface area (Å²) in [7, 11) is 0. The van der Waals surface area contributed by atoms with Gasteiger partial charge < -0.3 is 14.7 Å². The fourth-order valence-electron chi connectivity index (χ4n) is 9.78. The summed E-state index contributed by atoms with van der Waals surface area (Å²) in [4.78, 5) is 7.36. The van der Waals surface area contributed by atoms with Crippen molar-refractivity contribution < 1.29 is 0 Å². The Kier molecular flexibility index (Phi) is 7.33. The molecule has 3 nitrogen and oxygen atoms in total. The zero-order valence-corrected chi connectivity index (χ0v) is 31.7. The summed E-state index contributed by atoms with van der Waals surface area (Å²) in [5.74, 6) is 0. The maximum absolute atomic E-state index is 2.53. The van der Waals surface area contributed by atoms with Crippen LogP contribution in [0.2, 0.25) is 0 Å². The topological polar surface area (TPSA) is 9.72 Å². The lowest BCUT2D eigenvalue weighted by Gasteiger charge is -2.44. The smallest absolute Gasteiger partial charge is 0.252 e. The van der Waals surface area contributed by atoms with Gasteiger partial charge in [0.25, 0.3) is 6.71 Å². The second-order valence-electron chi connectivity index (χ2n) is 15.3. The first kappa shape index (κ1) is 32.7. The van der Waals surface area contributed by atoms with E-state index in [0.29, 0.717) is 0 Å². The van der Waals surface area contributed by atoms with Crippen molar-refractivity contribution in [3.8, 4) is 0 Å². The third-order valence-electron chi connectivity index (χ3n) is 12.2. The number of hydrogen-bond acceptors (Lipinski definition) is 3. The Hall–Kier alpha value is -7.56. The van der Waals surface area contributed by atoms with Crippen molar-refractivity contribution in [3.05, 3.63) is 218 Å². The second-order valence-corrected chi connectivity index (χ2v) is 15.3. The lowest BCUT2D eigenvalue weighted by Crippen LogP contribution is -2.61. The number of nitrogens with zero attached hydrogens (tertiary/aromatic N) is 3. The van der Waals surface area contributed by atoms with Crippen LogP contribution in [0.15, 0.2) is 218 Å². The molecule has 0 bridgehead atoms. The van der Waals surface area contributed by atoms with Gasteiger partial charge in [-0.2, -0.15) is 0 Å². The third kappa shape index (κ3) is 4.88. The molecular weight excluding hydrogens is 701 g/mol. The molecule has 0 fully saturated rings. The molecule has 58 heavy (non-hydrogen) atoms. The van der Waals surface area contributed by atoms with E-state index in [1.807, 2.05) is 0 Å². The first-order valence-electron chi connectivity index (χ1n) is 20.1. The minimum atomic E-state index is 0.0368. The van der Waals surface area contributed by atoms with Crippen LogP contribution in [0, 0.1) is 0 Å². The third-order valence-corrected chi connectivity index (χ3v) is 12.2. The monoisotopic (exact) mass is 737 g/mol. The fourth-order valence-corrected chi connectivity index (χ4v) is 9.78. The summed E-state index contributed by atoms with van der Waals surface area (Å²) in [6.07, 6.45) is 0. The summed E-state index contributed by atoms with van der Waals surface area (Å²) in [6, 6.07) is 80.0. The standard InChI is InChI=1S/C54H36BN3/c1-4-17-37(18-5-1)56(38-19-6-2-7-20-38)41-32-34-49-53(36-41)58(40-31-33-46-44-25-11-10-23-42(44)43-24-12-13-26-45(43)47(46)35-40)52-30-16-29-51-54(52)55(49)48-27-14-15-28-50(48)57(51)39-21-8-3-9-22-39/h1-36H. The van der Waals surface area contributed by atoms with E-state index in [4.69, 9.17) is 0 Å². The summed E-state index contributed by atoms with van der Waals surface area (Å²) >= 11 is 0. The van der Waals surface area contributed by atoms with Gasteiger partial charge in [-0.15, -0.1) is 0 Å². The summed E-state index contributed by atoms with van der Waals surface area (Å²) < 4.78 is 0. The Bertz CT molecular complexity index is 3130. The Morgan fingerprint density at radius 1 is 0.293 bits per heavy atom. The van der Waals surface area contributed by atoms with Gasteiger partial charge in [0, 0.05) is 51.2 Å². The van der Waals surface area contributed by atoms with E-state index >= 15 is 0 Å². The number of anilines is 9. The normalized spacial score (nSPS) is 12.7. The molecule has 270 valence electrons. The number of rotatable bonds is 5. The summed E-state index contributed by atoms with van der Waals surface area (Å²) in [5.41, 5.74) is 14.3. The SMILES string of the molecule is c1ccc(N(c2ccccc2)c2ccc3c(c2)N(c2ccc4c5ccccc5c5ccccc5c4c2)c2cccc4c2B3c2ccccc2N4c2ccccc2)cc1. The highest BCUT2D eigenvalue weighted by Gasteiger charge is 2.43. The number of hydrogen-bond donors (Lipinski definition) is 0. The Labute approximate surface area is 338 Å². The first-order valence-corrected chi connectivity index (χ1v) is 20.1. The predicted octanol–water partition coefficient (Wildman–Crippen LogP) is 12.7. The molecule has 4 heteroatoms. The van der Waals surface area contributed by atoms with Gasteiger partial charge in [0.15, 0.2) is 0 Å². The van der Waals surface area contributed by atoms with Crippen molar-refractivity contribution in [1.29, 1.82) is 0 Å². The molecule has 0 atom stereocenters. The maximum Gasteiger partial charge on any atom is 0.252 e. The van der Waals surface area contributed by atoms with Crippen LogP contribution in [0.1, 0.15) is 0 Å². The average Bonchev–Trinajstić information content (AvgIpc) is 3.30. The van der Waals surface area contributed by atoms with Crippen LogP contribution in [-0.4, -0.2) is 6.71 Å². The lowest BCUT2D eigenvalue weighted by atomic mass is 9.33. The highest BCUT2D eigenvalue weighted by molar-refractivity contribution is 7.00. The molecule has 0 radical (unpaired) electrons. The highest BCUT2D eigenvalue weighted by Crippen LogP contribution is 2.47. The van der Waals surface area contributed by atoms with Crippen LogP contribution in [-0.2, 0) is 0 Å². The molecule has 0 unspecified atom stereocenters. The Balaban J connectivity index is 1.16. The zero-order valence-electron chi connectivity index (χ0n) is 31.7. The maximum atomic E-state index is 2.53. The fraction of sp³-hybridized carbons (Fsp3) is 0. The minimum Gasteiger partial charge on any atom is -0.311 e. The van der Waals surface area contributed by atoms with Gasteiger partial charge in [0.05, 0.1) is 0 Å². The molecular formula is C54H36BN3.